The first kappa shape index (κ1) is 15.0. The number of carbonyl (C=O) groups is 2. The van der Waals surface area contributed by atoms with Gasteiger partial charge in [-0.15, -0.1) is 5.10 Å². The van der Waals surface area contributed by atoms with Crippen molar-refractivity contribution in [3.8, 4) is 5.69 Å². The molecule has 1 aromatic heterocycles. The second-order valence-corrected chi connectivity index (χ2v) is 4.89. The van der Waals surface area contributed by atoms with E-state index in [2.05, 4.69) is 26.2 Å². The van der Waals surface area contributed by atoms with E-state index in [4.69, 9.17) is 0 Å². The van der Waals surface area contributed by atoms with Crippen LogP contribution in [0.5, 0.6) is 0 Å². The third-order valence-corrected chi connectivity index (χ3v) is 3.42. The van der Waals surface area contributed by atoms with Crippen LogP contribution in [0.1, 0.15) is 0 Å². The summed E-state index contributed by atoms with van der Waals surface area (Å²) in [7, 11) is 1.51. The molecule has 9 heteroatoms. The number of rotatable bonds is 6. The average Bonchev–Trinajstić information content (AvgIpc) is 2.99. The highest BCUT2D eigenvalue weighted by atomic mass is 32.2. The lowest BCUT2D eigenvalue weighted by atomic mass is 10.3. The number of aromatic nitrogens is 4. The summed E-state index contributed by atoms with van der Waals surface area (Å²) in [6.07, 6.45) is 0. The minimum absolute atomic E-state index is 0.0421. The van der Waals surface area contributed by atoms with Crippen LogP contribution < -0.4 is 10.6 Å². The highest BCUT2D eigenvalue weighted by Gasteiger charge is 2.11. The molecule has 0 spiro atoms. The number of para-hydroxylation sites is 1. The number of amides is 2. The number of thioether (sulfide) groups is 1. The van der Waals surface area contributed by atoms with E-state index in [-0.39, 0.29) is 24.1 Å². The van der Waals surface area contributed by atoms with Crippen LogP contribution >= 0.6 is 11.8 Å². The first-order valence-corrected chi connectivity index (χ1v) is 7.13. The maximum Gasteiger partial charge on any atom is 0.239 e. The van der Waals surface area contributed by atoms with Crippen LogP contribution in [0.3, 0.4) is 0 Å². The zero-order chi connectivity index (χ0) is 15.1. The zero-order valence-electron chi connectivity index (χ0n) is 11.3. The molecule has 0 aliphatic carbocycles. The second-order valence-electron chi connectivity index (χ2n) is 3.95. The van der Waals surface area contributed by atoms with Crippen LogP contribution in [0.15, 0.2) is 35.5 Å². The molecule has 21 heavy (non-hydrogen) atoms. The number of tetrazole rings is 1. The van der Waals surface area contributed by atoms with Crippen molar-refractivity contribution < 1.29 is 9.59 Å². The molecule has 0 unspecified atom stereocenters. The monoisotopic (exact) mass is 306 g/mol. The first-order chi connectivity index (χ1) is 10.2. The van der Waals surface area contributed by atoms with Crippen LogP contribution in [0.4, 0.5) is 0 Å². The van der Waals surface area contributed by atoms with E-state index in [0.717, 1.165) is 5.69 Å². The highest BCUT2D eigenvalue weighted by molar-refractivity contribution is 7.99. The molecule has 0 aliphatic heterocycles. The summed E-state index contributed by atoms with van der Waals surface area (Å²) in [5.74, 6) is -0.377. The molecule has 2 aromatic rings. The second kappa shape index (κ2) is 7.39. The van der Waals surface area contributed by atoms with Crippen LogP contribution in [0.25, 0.3) is 5.69 Å². The summed E-state index contributed by atoms with van der Waals surface area (Å²) in [4.78, 5) is 22.6. The average molecular weight is 306 g/mol. The van der Waals surface area contributed by atoms with Gasteiger partial charge in [0.15, 0.2) is 0 Å². The molecule has 2 N–H and O–H groups in total. The van der Waals surface area contributed by atoms with Crippen molar-refractivity contribution in [2.24, 2.45) is 0 Å². The number of benzene rings is 1. The van der Waals surface area contributed by atoms with Gasteiger partial charge in [-0.05, 0) is 22.6 Å². The lowest BCUT2D eigenvalue weighted by Crippen LogP contribution is -2.36. The highest BCUT2D eigenvalue weighted by Crippen LogP contribution is 2.17. The van der Waals surface area contributed by atoms with E-state index >= 15 is 0 Å². The Morgan fingerprint density at radius 3 is 2.71 bits per heavy atom. The molecule has 0 fully saturated rings. The van der Waals surface area contributed by atoms with E-state index in [1.54, 1.807) is 4.68 Å². The number of likely N-dealkylation sites (N-methyl/N-ethyl adjacent to an activating group) is 1. The van der Waals surface area contributed by atoms with Gasteiger partial charge in [-0.2, -0.15) is 4.68 Å². The fourth-order valence-electron chi connectivity index (χ4n) is 1.45. The molecule has 0 saturated carbocycles. The SMILES string of the molecule is CNC(=O)CNC(=O)CSc1nnnn1-c1ccccc1. The van der Waals surface area contributed by atoms with Crippen molar-refractivity contribution >= 4 is 23.6 Å². The summed E-state index contributed by atoms with van der Waals surface area (Å²) in [6.45, 7) is -0.0421. The molecule has 0 aliphatic rings. The lowest BCUT2D eigenvalue weighted by Gasteiger charge is -2.05. The molecule has 0 saturated heterocycles. The quantitative estimate of drug-likeness (QED) is 0.705. The summed E-state index contributed by atoms with van der Waals surface area (Å²) in [5, 5.41) is 16.8. The van der Waals surface area contributed by atoms with Crippen molar-refractivity contribution in [2.75, 3.05) is 19.3 Å². The van der Waals surface area contributed by atoms with Crippen molar-refractivity contribution in [3.05, 3.63) is 30.3 Å². The standard InChI is InChI=1S/C12H14N6O2S/c1-13-10(19)7-14-11(20)8-21-12-15-16-17-18(12)9-5-3-2-4-6-9/h2-6H,7-8H2,1H3,(H,13,19)(H,14,20). The summed E-state index contributed by atoms with van der Waals surface area (Å²) in [5.41, 5.74) is 0.816. The van der Waals surface area contributed by atoms with Crippen LogP contribution in [0, 0.1) is 0 Å². The molecule has 2 amide bonds. The summed E-state index contributed by atoms with van der Waals surface area (Å²) < 4.78 is 1.55. The van der Waals surface area contributed by atoms with Crippen LogP contribution in [-0.2, 0) is 9.59 Å². The topological polar surface area (TPSA) is 102 Å². The summed E-state index contributed by atoms with van der Waals surface area (Å²) >= 11 is 1.20. The van der Waals surface area contributed by atoms with Gasteiger partial charge in [0.2, 0.25) is 17.0 Å². The Balaban J connectivity index is 1.91. The number of nitrogens with one attached hydrogen (secondary N) is 2. The molecule has 1 aromatic carbocycles. The van der Waals surface area contributed by atoms with Crippen molar-refractivity contribution in [1.29, 1.82) is 0 Å². The number of nitrogens with zero attached hydrogens (tertiary/aromatic N) is 4. The molecule has 0 atom stereocenters. The maximum absolute atomic E-state index is 11.6. The van der Waals surface area contributed by atoms with E-state index in [9.17, 15) is 9.59 Å². The Hall–Kier alpha value is -2.42. The van der Waals surface area contributed by atoms with E-state index in [1.165, 1.54) is 18.8 Å². The Morgan fingerprint density at radius 2 is 2.00 bits per heavy atom. The van der Waals surface area contributed by atoms with E-state index in [1.807, 2.05) is 30.3 Å². The van der Waals surface area contributed by atoms with Gasteiger partial charge in [0.25, 0.3) is 0 Å². The number of carbonyl (C=O) groups excluding carboxylic acids is 2. The predicted molar refractivity (Wildman–Crippen MR) is 77.0 cm³/mol. The Bertz CT molecular complexity index is 615. The third-order valence-electron chi connectivity index (χ3n) is 2.50. The zero-order valence-corrected chi connectivity index (χ0v) is 12.1. The molecule has 110 valence electrons. The molecule has 2 rings (SSSR count). The van der Waals surface area contributed by atoms with Gasteiger partial charge in [0.05, 0.1) is 18.0 Å². The minimum Gasteiger partial charge on any atom is -0.358 e. The predicted octanol–water partition coefficient (Wildman–Crippen LogP) is -0.383. The fourth-order valence-corrected chi connectivity index (χ4v) is 2.17. The number of hydrogen-bond donors (Lipinski definition) is 2. The van der Waals surface area contributed by atoms with Crippen molar-refractivity contribution in [1.82, 2.24) is 30.8 Å². The third kappa shape index (κ3) is 4.28. The van der Waals surface area contributed by atoms with Crippen molar-refractivity contribution in [3.63, 3.8) is 0 Å². The molecule has 1 heterocycles. The van der Waals surface area contributed by atoms with Gasteiger partial charge >= 0.3 is 0 Å². The van der Waals surface area contributed by atoms with E-state index < -0.39 is 0 Å². The fraction of sp³-hybridized carbons (Fsp3) is 0.250. The molecular formula is C12H14N6O2S. The molecule has 0 bridgehead atoms. The largest absolute Gasteiger partial charge is 0.358 e. The Morgan fingerprint density at radius 1 is 1.24 bits per heavy atom. The molecule has 0 radical (unpaired) electrons. The van der Waals surface area contributed by atoms with Gasteiger partial charge in [0.1, 0.15) is 0 Å². The van der Waals surface area contributed by atoms with Gasteiger partial charge in [-0.1, -0.05) is 30.0 Å². The van der Waals surface area contributed by atoms with Gasteiger partial charge in [0, 0.05) is 7.05 Å². The smallest absolute Gasteiger partial charge is 0.239 e. The van der Waals surface area contributed by atoms with Gasteiger partial charge in [-0.3, -0.25) is 9.59 Å². The molecule has 8 nitrogen and oxygen atoms in total. The Kier molecular flexibility index (Phi) is 5.27. The Labute approximate surface area is 125 Å². The first-order valence-electron chi connectivity index (χ1n) is 6.14. The van der Waals surface area contributed by atoms with Crippen molar-refractivity contribution in [2.45, 2.75) is 5.16 Å². The van der Waals surface area contributed by atoms with E-state index in [0.29, 0.717) is 5.16 Å². The maximum atomic E-state index is 11.6. The van der Waals surface area contributed by atoms with Gasteiger partial charge in [-0.25, -0.2) is 0 Å². The number of hydrogen-bond acceptors (Lipinski definition) is 6. The minimum atomic E-state index is -0.258. The van der Waals surface area contributed by atoms with Crippen LogP contribution in [0.2, 0.25) is 0 Å². The lowest BCUT2D eigenvalue weighted by molar-refractivity contribution is -0.124. The molecular weight excluding hydrogens is 292 g/mol. The van der Waals surface area contributed by atoms with Gasteiger partial charge < -0.3 is 10.6 Å². The summed E-state index contributed by atoms with van der Waals surface area (Å²) in [6, 6.07) is 9.38. The van der Waals surface area contributed by atoms with Crippen LogP contribution in [-0.4, -0.2) is 51.4 Å². The normalized spacial score (nSPS) is 10.1.